The number of nitrogens with two attached hydrogens (primary N) is 1. The summed E-state index contributed by atoms with van der Waals surface area (Å²) >= 11 is 1.79. The minimum Gasteiger partial charge on any atom is -0.327 e. The van der Waals surface area contributed by atoms with Gasteiger partial charge in [0.15, 0.2) is 0 Å². The molecule has 3 heteroatoms. The molecule has 2 aliphatic rings. The van der Waals surface area contributed by atoms with Gasteiger partial charge in [-0.05, 0) is 30.6 Å². The van der Waals surface area contributed by atoms with Crippen molar-refractivity contribution in [3.8, 4) is 0 Å². The van der Waals surface area contributed by atoms with E-state index in [0.29, 0.717) is 6.04 Å². The van der Waals surface area contributed by atoms with Gasteiger partial charge in [0.25, 0.3) is 0 Å². The van der Waals surface area contributed by atoms with E-state index < -0.39 is 0 Å². The van der Waals surface area contributed by atoms with Gasteiger partial charge < -0.3 is 5.73 Å². The van der Waals surface area contributed by atoms with Crippen LogP contribution in [0.1, 0.15) is 50.7 Å². The van der Waals surface area contributed by atoms with Gasteiger partial charge in [-0.3, -0.25) is 0 Å². The fraction of sp³-hybridized carbons (Fsp3) is 0.800. The van der Waals surface area contributed by atoms with Crippen molar-refractivity contribution in [1.82, 2.24) is 4.98 Å². The molecule has 2 saturated carbocycles. The fourth-order valence-corrected chi connectivity index (χ4v) is 4.69. The molecule has 1 aromatic rings. The molecule has 2 nitrogen and oxygen atoms in total. The molecule has 100 valence electrons. The van der Waals surface area contributed by atoms with Gasteiger partial charge in [0.05, 0.1) is 10.7 Å². The number of nitrogens with zero attached hydrogens (tertiary/aromatic N) is 1. The summed E-state index contributed by atoms with van der Waals surface area (Å²) in [7, 11) is 0. The predicted molar refractivity (Wildman–Crippen MR) is 76.8 cm³/mol. The third kappa shape index (κ3) is 2.23. The van der Waals surface area contributed by atoms with Crippen LogP contribution >= 0.6 is 11.3 Å². The van der Waals surface area contributed by atoms with Crippen molar-refractivity contribution in [1.29, 1.82) is 0 Å². The average molecular weight is 264 g/mol. The summed E-state index contributed by atoms with van der Waals surface area (Å²) in [5.74, 6) is 2.73. The van der Waals surface area contributed by atoms with Crippen LogP contribution in [0.2, 0.25) is 0 Å². The Morgan fingerprint density at radius 3 is 2.61 bits per heavy atom. The molecule has 2 N–H and O–H groups in total. The van der Waals surface area contributed by atoms with Crippen molar-refractivity contribution < 1.29 is 0 Å². The highest BCUT2D eigenvalue weighted by Crippen LogP contribution is 2.58. The first-order valence-electron chi connectivity index (χ1n) is 7.17. The molecule has 1 heterocycles. The molecule has 3 rings (SSSR count). The molecule has 0 aromatic carbocycles. The van der Waals surface area contributed by atoms with Gasteiger partial charge in [-0.2, -0.15) is 0 Å². The maximum absolute atomic E-state index is 6.39. The molecule has 0 amide bonds. The van der Waals surface area contributed by atoms with Gasteiger partial charge in [0.1, 0.15) is 0 Å². The van der Waals surface area contributed by atoms with Crippen molar-refractivity contribution in [3.63, 3.8) is 0 Å². The van der Waals surface area contributed by atoms with Crippen LogP contribution in [0.5, 0.6) is 0 Å². The number of aromatic nitrogens is 1. The maximum atomic E-state index is 6.39. The highest BCUT2D eigenvalue weighted by atomic mass is 32.1. The number of hydrogen-bond donors (Lipinski definition) is 1. The Balaban J connectivity index is 1.61. The second-order valence-corrected chi connectivity index (χ2v) is 8.02. The van der Waals surface area contributed by atoms with Gasteiger partial charge in [-0.1, -0.05) is 27.2 Å². The summed E-state index contributed by atoms with van der Waals surface area (Å²) in [4.78, 5) is 4.76. The van der Waals surface area contributed by atoms with Gasteiger partial charge >= 0.3 is 0 Å². The molecule has 2 aliphatic carbocycles. The Labute approximate surface area is 114 Å². The van der Waals surface area contributed by atoms with Crippen LogP contribution in [0.25, 0.3) is 0 Å². The van der Waals surface area contributed by atoms with Crippen molar-refractivity contribution in [2.75, 3.05) is 0 Å². The van der Waals surface area contributed by atoms with Crippen LogP contribution in [-0.2, 0) is 11.8 Å². The summed E-state index contributed by atoms with van der Waals surface area (Å²) in [5, 5.41) is 3.44. The average Bonchev–Trinajstić information content (AvgIpc) is 2.71. The summed E-state index contributed by atoms with van der Waals surface area (Å²) in [6.07, 6.45) is 5.27. The zero-order chi connectivity index (χ0) is 12.9. The molecule has 3 atom stereocenters. The van der Waals surface area contributed by atoms with Gasteiger partial charge in [-0.15, -0.1) is 11.3 Å². The highest BCUT2D eigenvalue weighted by molar-refractivity contribution is 7.09. The third-order valence-corrected chi connectivity index (χ3v) is 5.57. The standard InChI is InChI=1S/C15H24N2S/c1-15(2,3)12-8-18-13(17-12)7-11(16)14-9-5-4-6-10(9)14/h8-11,14H,4-7,16H2,1-3H3. The van der Waals surface area contributed by atoms with Crippen LogP contribution in [-0.4, -0.2) is 11.0 Å². The van der Waals surface area contributed by atoms with E-state index in [-0.39, 0.29) is 5.41 Å². The molecule has 18 heavy (non-hydrogen) atoms. The van der Waals surface area contributed by atoms with Gasteiger partial charge in [0, 0.05) is 23.3 Å². The van der Waals surface area contributed by atoms with E-state index in [1.54, 1.807) is 11.3 Å². The van der Waals surface area contributed by atoms with E-state index in [9.17, 15) is 0 Å². The summed E-state index contributed by atoms with van der Waals surface area (Å²) in [6, 6.07) is 0.347. The molecular formula is C15H24N2S. The van der Waals surface area contributed by atoms with Crippen LogP contribution < -0.4 is 5.73 Å². The fourth-order valence-electron chi connectivity index (χ4n) is 3.60. The quantitative estimate of drug-likeness (QED) is 0.909. The lowest BCUT2D eigenvalue weighted by Crippen LogP contribution is -2.27. The molecule has 1 aromatic heterocycles. The van der Waals surface area contributed by atoms with Crippen LogP contribution in [0.15, 0.2) is 5.38 Å². The smallest absolute Gasteiger partial charge is 0.0944 e. The van der Waals surface area contributed by atoms with Crippen molar-refractivity contribution in [2.24, 2.45) is 23.5 Å². The molecular weight excluding hydrogens is 240 g/mol. The summed E-state index contributed by atoms with van der Waals surface area (Å²) in [5.41, 5.74) is 7.76. The lowest BCUT2D eigenvalue weighted by atomic mass is 9.93. The summed E-state index contributed by atoms with van der Waals surface area (Å²) < 4.78 is 0. The topological polar surface area (TPSA) is 38.9 Å². The largest absolute Gasteiger partial charge is 0.327 e. The summed E-state index contributed by atoms with van der Waals surface area (Å²) in [6.45, 7) is 6.66. The SMILES string of the molecule is CC(C)(C)c1csc(CC(N)C2C3CCCC32)n1. The Hall–Kier alpha value is -0.410. The Kier molecular flexibility index (Phi) is 3.02. The molecule has 3 unspecified atom stereocenters. The molecule has 0 bridgehead atoms. The number of fused-ring (bicyclic) bond motifs is 1. The van der Waals surface area contributed by atoms with E-state index in [1.807, 2.05) is 0 Å². The van der Waals surface area contributed by atoms with E-state index in [1.165, 1.54) is 30.0 Å². The van der Waals surface area contributed by atoms with E-state index in [0.717, 1.165) is 24.2 Å². The van der Waals surface area contributed by atoms with Crippen molar-refractivity contribution >= 4 is 11.3 Å². The first-order valence-corrected chi connectivity index (χ1v) is 8.05. The minimum atomic E-state index is 0.162. The molecule has 2 fully saturated rings. The zero-order valence-corrected chi connectivity index (χ0v) is 12.5. The van der Waals surface area contributed by atoms with E-state index in [2.05, 4.69) is 26.2 Å². The highest BCUT2D eigenvalue weighted by Gasteiger charge is 2.54. The normalized spacial score (nSPS) is 32.3. The van der Waals surface area contributed by atoms with Crippen molar-refractivity contribution in [3.05, 3.63) is 16.1 Å². The Morgan fingerprint density at radius 1 is 1.39 bits per heavy atom. The zero-order valence-electron chi connectivity index (χ0n) is 11.6. The molecule has 0 radical (unpaired) electrons. The second-order valence-electron chi connectivity index (χ2n) is 7.08. The second kappa shape index (κ2) is 4.31. The molecule has 0 spiro atoms. The lowest BCUT2D eigenvalue weighted by molar-refractivity contribution is 0.482. The van der Waals surface area contributed by atoms with Crippen LogP contribution in [0.3, 0.4) is 0 Å². The van der Waals surface area contributed by atoms with Crippen molar-refractivity contribution in [2.45, 2.75) is 57.9 Å². The van der Waals surface area contributed by atoms with Crippen LogP contribution in [0, 0.1) is 17.8 Å². The Morgan fingerprint density at radius 2 is 2.06 bits per heavy atom. The first kappa shape index (κ1) is 12.6. The monoisotopic (exact) mass is 264 g/mol. The van der Waals surface area contributed by atoms with E-state index in [4.69, 9.17) is 10.7 Å². The third-order valence-electron chi connectivity index (χ3n) is 4.70. The number of hydrogen-bond acceptors (Lipinski definition) is 3. The van der Waals surface area contributed by atoms with E-state index >= 15 is 0 Å². The van der Waals surface area contributed by atoms with Gasteiger partial charge in [-0.25, -0.2) is 4.98 Å². The first-order chi connectivity index (χ1) is 8.47. The minimum absolute atomic E-state index is 0.162. The van der Waals surface area contributed by atoms with Gasteiger partial charge in [0.2, 0.25) is 0 Å². The molecule has 0 saturated heterocycles. The number of thiazole rings is 1. The number of rotatable bonds is 3. The predicted octanol–water partition coefficient (Wildman–Crippen LogP) is 3.36. The maximum Gasteiger partial charge on any atom is 0.0944 e. The Bertz CT molecular complexity index is 422. The van der Waals surface area contributed by atoms with Crippen LogP contribution in [0.4, 0.5) is 0 Å². The molecule has 0 aliphatic heterocycles. The lowest BCUT2D eigenvalue weighted by Gasteiger charge is -2.15.